The maximum absolute atomic E-state index is 13.0. The van der Waals surface area contributed by atoms with Gasteiger partial charge in [-0.2, -0.15) is 0 Å². The first-order chi connectivity index (χ1) is 17.7. The molecule has 0 aromatic carbocycles. The summed E-state index contributed by atoms with van der Waals surface area (Å²) in [5.41, 5.74) is 8.26. The Bertz CT molecular complexity index is 1310. The van der Waals surface area contributed by atoms with Crippen LogP contribution in [0.1, 0.15) is 11.3 Å². The van der Waals surface area contributed by atoms with E-state index in [1.807, 2.05) is 0 Å². The van der Waals surface area contributed by atoms with Crippen LogP contribution in [0.15, 0.2) is 46.3 Å². The van der Waals surface area contributed by atoms with Crippen LogP contribution in [-0.2, 0) is 37.0 Å². The van der Waals surface area contributed by atoms with Crippen LogP contribution in [0.3, 0.4) is 0 Å². The van der Waals surface area contributed by atoms with Gasteiger partial charge in [0.2, 0.25) is 5.91 Å². The highest BCUT2D eigenvalue weighted by molar-refractivity contribution is 8.00. The molecule has 2 aliphatic rings. The van der Waals surface area contributed by atoms with Crippen molar-refractivity contribution in [3.63, 3.8) is 0 Å². The number of hydrogen-bond donors (Lipinski definition) is 5. The van der Waals surface area contributed by atoms with Crippen LogP contribution in [0.4, 0.5) is 5.13 Å². The quantitative estimate of drug-likeness (QED) is 0.0838. The number of carbonyl (C=O) groups is 4. The highest BCUT2D eigenvalue weighted by Crippen LogP contribution is 2.40. The van der Waals surface area contributed by atoms with Gasteiger partial charge in [-0.3, -0.25) is 24.5 Å². The summed E-state index contributed by atoms with van der Waals surface area (Å²) in [6, 6.07) is 2.38. The molecule has 0 unspecified atom stereocenters. The number of thioether (sulfide) groups is 1. The van der Waals surface area contributed by atoms with Crippen LogP contribution in [0, 0.1) is 0 Å². The standard InChI is InChI=1S/C21H21N7O7S2/c1-35-26-14(12-9-37-21(22)23-12)17(30)24-15-18(31)28-16(20(32)33)11(8-36-19(15)28)7-27-4-2-10(3-5-27)6-13(29)25-34/h2-5,9,15,19H,6-8H2,1H3,(H5-,22,23,24,25,26,29,30,32,33,34)/p+1/t15-,19-/m1/s1. The van der Waals surface area contributed by atoms with Gasteiger partial charge in [-0.25, -0.2) is 19.8 Å². The summed E-state index contributed by atoms with van der Waals surface area (Å²) in [5.74, 6) is -2.77. The molecule has 2 atom stereocenters. The van der Waals surface area contributed by atoms with E-state index in [9.17, 15) is 24.3 Å². The first kappa shape index (κ1) is 26.1. The topological polar surface area (TPSA) is 200 Å². The second-order valence-corrected chi connectivity index (χ2v) is 9.90. The van der Waals surface area contributed by atoms with Crippen LogP contribution >= 0.6 is 23.1 Å². The highest BCUT2D eigenvalue weighted by atomic mass is 32.2. The molecule has 4 heterocycles. The van der Waals surface area contributed by atoms with Crippen LogP contribution < -0.4 is 21.1 Å². The van der Waals surface area contributed by atoms with Crippen molar-refractivity contribution in [3.05, 3.63) is 52.4 Å². The van der Waals surface area contributed by atoms with E-state index >= 15 is 0 Å². The molecule has 2 aliphatic heterocycles. The number of β-lactam (4-membered cyclic amide) rings is 1. The van der Waals surface area contributed by atoms with Gasteiger partial charge < -0.3 is 21.0 Å². The number of thiazole rings is 1. The fraction of sp³-hybridized carbons (Fsp3) is 0.286. The van der Waals surface area contributed by atoms with Crippen molar-refractivity contribution >= 4 is 57.6 Å². The van der Waals surface area contributed by atoms with Crippen molar-refractivity contribution in [3.8, 4) is 0 Å². The van der Waals surface area contributed by atoms with E-state index in [1.54, 1.807) is 34.6 Å². The van der Waals surface area contributed by atoms with Gasteiger partial charge in [0.05, 0.1) is 6.42 Å². The number of nitrogens with zero attached hydrogens (tertiary/aromatic N) is 4. The third kappa shape index (κ3) is 5.40. The largest absolute Gasteiger partial charge is 0.477 e. The Hall–Kier alpha value is -4.02. The summed E-state index contributed by atoms with van der Waals surface area (Å²) in [6.45, 7) is 0.199. The number of carbonyl (C=O) groups excluding carboxylic acids is 3. The minimum atomic E-state index is -1.25. The molecule has 0 spiro atoms. The number of amides is 3. The molecule has 2 aromatic rings. The molecule has 0 aliphatic carbocycles. The van der Waals surface area contributed by atoms with Gasteiger partial charge in [-0.05, 0) is 5.56 Å². The van der Waals surface area contributed by atoms with Crippen molar-refractivity contribution in [2.45, 2.75) is 24.4 Å². The fourth-order valence-electron chi connectivity index (χ4n) is 3.86. The number of carboxylic acids is 1. The molecule has 0 saturated carbocycles. The average Bonchev–Trinajstić information content (AvgIpc) is 3.31. The number of nitrogens with one attached hydrogen (secondary N) is 2. The van der Waals surface area contributed by atoms with Crippen molar-refractivity contribution in [2.75, 3.05) is 18.6 Å². The summed E-state index contributed by atoms with van der Waals surface area (Å²) < 4.78 is 1.72. The lowest BCUT2D eigenvalue weighted by Crippen LogP contribution is -2.71. The molecule has 1 saturated heterocycles. The predicted molar refractivity (Wildman–Crippen MR) is 130 cm³/mol. The molecule has 0 radical (unpaired) electrons. The molecule has 16 heteroatoms. The first-order valence-corrected chi connectivity index (χ1v) is 12.6. The Morgan fingerprint density at radius 2 is 2.08 bits per heavy atom. The molecule has 2 aromatic heterocycles. The van der Waals surface area contributed by atoms with Gasteiger partial charge >= 0.3 is 5.97 Å². The first-order valence-electron chi connectivity index (χ1n) is 10.7. The van der Waals surface area contributed by atoms with E-state index in [0.717, 1.165) is 11.3 Å². The van der Waals surface area contributed by atoms with E-state index in [0.29, 0.717) is 16.9 Å². The summed E-state index contributed by atoms with van der Waals surface area (Å²) in [6.07, 6.45) is 3.33. The van der Waals surface area contributed by atoms with Crippen molar-refractivity contribution in [2.24, 2.45) is 5.16 Å². The molecule has 0 bridgehead atoms. The lowest BCUT2D eigenvalue weighted by Gasteiger charge is -2.49. The van der Waals surface area contributed by atoms with Crippen molar-refractivity contribution < 1.29 is 38.9 Å². The zero-order chi connectivity index (χ0) is 26.7. The maximum Gasteiger partial charge on any atom is 0.352 e. The Kier molecular flexibility index (Phi) is 7.70. The summed E-state index contributed by atoms with van der Waals surface area (Å²) in [7, 11) is 1.26. The van der Waals surface area contributed by atoms with E-state index in [2.05, 4.69) is 15.5 Å². The van der Waals surface area contributed by atoms with Crippen LogP contribution in [0.2, 0.25) is 0 Å². The molecule has 14 nitrogen and oxygen atoms in total. The van der Waals surface area contributed by atoms with Gasteiger partial charge in [0.15, 0.2) is 29.8 Å². The van der Waals surface area contributed by atoms with Gasteiger partial charge in [0.1, 0.15) is 29.9 Å². The Balaban J connectivity index is 1.49. The van der Waals surface area contributed by atoms with E-state index < -0.39 is 35.1 Å². The van der Waals surface area contributed by atoms with Gasteiger partial charge in [-0.15, -0.1) is 23.1 Å². The molecule has 4 rings (SSSR count). The highest BCUT2D eigenvalue weighted by Gasteiger charge is 2.54. The minimum absolute atomic E-state index is 0.0139. The monoisotopic (exact) mass is 548 g/mol. The SMILES string of the molecule is CO/N=C(\C(=O)N[C@@H]1C(=O)N2C(C(=O)O)=C(C[n+]3ccc(CC(=O)NO)cc3)CS[C@H]12)c1csc(N)n1. The normalized spacial score (nSPS) is 19.1. The maximum atomic E-state index is 13.0. The number of rotatable bonds is 9. The molecule has 194 valence electrons. The number of aliphatic carboxylic acids is 1. The average molecular weight is 549 g/mol. The number of oxime groups is 1. The number of anilines is 1. The number of aromatic nitrogens is 2. The number of carboxylic acid groups (broad SMARTS) is 1. The van der Waals surface area contributed by atoms with Gasteiger partial charge in [0.25, 0.3) is 11.8 Å². The Morgan fingerprint density at radius 1 is 1.35 bits per heavy atom. The third-order valence-corrected chi connectivity index (χ3v) is 7.54. The molecule has 3 amide bonds. The lowest BCUT2D eigenvalue weighted by atomic mass is 10.0. The zero-order valence-electron chi connectivity index (χ0n) is 19.3. The Labute approximate surface area is 217 Å². The number of hydrogen-bond acceptors (Lipinski definition) is 11. The zero-order valence-corrected chi connectivity index (χ0v) is 20.9. The number of nitrogen functional groups attached to an aromatic ring is 1. The summed E-state index contributed by atoms with van der Waals surface area (Å²) in [4.78, 5) is 59.2. The van der Waals surface area contributed by atoms with Gasteiger partial charge in [-0.1, -0.05) is 5.16 Å². The van der Waals surface area contributed by atoms with Gasteiger partial charge in [0, 0.05) is 28.8 Å². The van der Waals surface area contributed by atoms with Crippen LogP contribution in [0.25, 0.3) is 0 Å². The molecule has 1 fully saturated rings. The van der Waals surface area contributed by atoms with Crippen molar-refractivity contribution in [1.82, 2.24) is 20.7 Å². The van der Waals surface area contributed by atoms with Crippen molar-refractivity contribution in [1.29, 1.82) is 0 Å². The van der Waals surface area contributed by atoms with E-state index in [-0.39, 0.29) is 35.2 Å². The summed E-state index contributed by atoms with van der Waals surface area (Å²) in [5, 5.41) is 26.0. The van der Waals surface area contributed by atoms with Crippen LogP contribution in [-0.4, -0.2) is 73.9 Å². The lowest BCUT2D eigenvalue weighted by molar-refractivity contribution is -0.689. The smallest absolute Gasteiger partial charge is 0.352 e. The number of nitrogens with two attached hydrogens (primary N) is 1. The molecular weight excluding hydrogens is 526 g/mol. The second-order valence-electron chi connectivity index (χ2n) is 7.90. The number of hydroxylamine groups is 1. The minimum Gasteiger partial charge on any atom is -0.477 e. The number of fused-ring (bicyclic) bond motifs is 1. The predicted octanol–water partition coefficient (Wildman–Crippen LogP) is -1.15. The molecule has 37 heavy (non-hydrogen) atoms. The molecule has 6 N–H and O–H groups in total. The summed E-state index contributed by atoms with van der Waals surface area (Å²) >= 11 is 2.44. The van der Waals surface area contributed by atoms with E-state index in [4.69, 9.17) is 15.8 Å². The third-order valence-electron chi connectivity index (χ3n) is 5.52. The Morgan fingerprint density at radius 3 is 2.68 bits per heavy atom. The van der Waals surface area contributed by atoms with Crippen LogP contribution in [0.5, 0.6) is 0 Å². The van der Waals surface area contributed by atoms with E-state index in [1.165, 1.54) is 29.2 Å². The number of pyridine rings is 1. The molecular formula is C21H22N7O7S2+. The second kappa shape index (κ2) is 10.9. The fourth-order valence-corrected chi connectivity index (χ4v) is 5.75.